The summed E-state index contributed by atoms with van der Waals surface area (Å²) < 4.78 is 48.3. The number of halogens is 1. The van der Waals surface area contributed by atoms with E-state index in [1.807, 2.05) is 6.92 Å². The van der Waals surface area contributed by atoms with Crippen molar-refractivity contribution >= 4 is 27.6 Å². The van der Waals surface area contributed by atoms with Gasteiger partial charge in [-0.1, -0.05) is 24.6 Å². The fraction of sp³-hybridized carbons (Fsp3) is 0.478. The summed E-state index contributed by atoms with van der Waals surface area (Å²) in [5.41, 5.74) is 0.487. The number of benzene rings is 1. The number of nitrogens with one attached hydrogen (secondary N) is 1. The van der Waals surface area contributed by atoms with E-state index in [-0.39, 0.29) is 18.0 Å². The van der Waals surface area contributed by atoms with Crippen molar-refractivity contribution in [3.8, 4) is 17.2 Å². The molecule has 3 heterocycles. The lowest BCUT2D eigenvalue weighted by Gasteiger charge is -2.22. The Balaban J connectivity index is 1.78. The van der Waals surface area contributed by atoms with E-state index < -0.39 is 21.2 Å². The highest BCUT2D eigenvalue weighted by Crippen LogP contribution is 2.40. The Bertz CT molecular complexity index is 1290. The van der Waals surface area contributed by atoms with Crippen LogP contribution in [0.25, 0.3) is 5.69 Å². The first-order chi connectivity index (χ1) is 17.2. The van der Waals surface area contributed by atoms with Gasteiger partial charge < -0.3 is 14.2 Å². The van der Waals surface area contributed by atoms with Gasteiger partial charge in [0.1, 0.15) is 28.8 Å². The molecule has 1 aromatic carbocycles. The van der Waals surface area contributed by atoms with E-state index in [1.54, 1.807) is 36.6 Å². The average molecular weight is 537 g/mol. The van der Waals surface area contributed by atoms with Gasteiger partial charge >= 0.3 is 0 Å². The zero-order valence-electron chi connectivity index (χ0n) is 20.7. The quantitative estimate of drug-likeness (QED) is 0.436. The van der Waals surface area contributed by atoms with Gasteiger partial charge in [0, 0.05) is 30.8 Å². The highest BCUT2D eigenvalue weighted by Gasteiger charge is 2.36. The van der Waals surface area contributed by atoms with Crippen molar-refractivity contribution in [1.29, 1.82) is 0 Å². The minimum atomic E-state index is -3.96. The molecule has 1 fully saturated rings. The lowest BCUT2D eigenvalue weighted by molar-refractivity contribution is 0.117. The van der Waals surface area contributed by atoms with Gasteiger partial charge in [-0.05, 0) is 32.4 Å². The molecule has 36 heavy (non-hydrogen) atoms. The first-order valence-corrected chi connectivity index (χ1v) is 13.4. The molecule has 0 aliphatic carbocycles. The number of anilines is 1. The fourth-order valence-electron chi connectivity index (χ4n) is 4.20. The molecule has 0 bridgehead atoms. The van der Waals surface area contributed by atoms with Crippen molar-refractivity contribution in [3.63, 3.8) is 0 Å². The third kappa shape index (κ3) is 4.97. The summed E-state index contributed by atoms with van der Waals surface area (Å²) in [6.07, 6.45) is 3.47. The molecule has 1 saturated heterocycles. The normalized spacial score (nSPS) is 19.6. The van der Waals surface area contributed by atoms with Crippen LogP contribution in [0.15, 0.2) is 30.6 Å². The van der Waals surface area contributed by atoms with Crippen molar-refractivity contribution in [2.75, 3.05) is 25.5 Å². The van der Waals surface area contributed by atoms with Crippen LogP contribution in [0.1, 0.15) is 50.7 Å². The van der Waals surface area contributed by atoms with Gasteiger partial charge in [0.2, 0.25) is 16.0 Å². The van der Waals surface area contributed by atoms with Crippen molar-refractivity contribution in [1.82, 2.24) is 24.7 Å². The van der Waals surface area contributed by atoms with Gasteiger partial charge in [-0.25, -0.2) is 18.4 Å². The Hall–Kier alpha value is -2.96. The summed E-state index contributed by atoms with van der Waals surface area (Å²) in [4.78, 5) is 8.36. The number of methoxy groups -OCH3 is 2. The number of rotatable bonds is 9. The number of hydrogen-bond acceptors (Lipinski definition) is 9. The molecule has 3 aromatic rings. The standard InChI is InChI=1S/C23H29ClN6O5S/c1-13(21-25-11-16(24)12-26-21)15(3)36(31,32)29-23-28-27-22(17-9-10-35-14(17)2)30(23)20-18(33-4)7-6-8-19(20)34-5/h6-8,11-15,17H,9-10H2,1-5H3,(H,28,29)/t13?,14-,15?,17+/m0/s1. The predicted octanol–water partition coefficient (Wildman–Crippen LogP) is 3.55. The minimum absolute atomic E-state index is 0.0166. The maximum atomic E-state index is 13.5. The Morgan fingerprint density at radius 2 is 1.78 bits per heavy atom. The van der Waals surface area contributed by atoms with Crippen LogP contribution in [0.5, 0.6) is 11.5 Å². The number of sulfonamides is 1. The summed E-state index contributed by atoms with van der Waals surface area (Å²) in [5, 5.41) is 8.10. The second kappa shape index (κ2) is 10.6. The van der Waals surface area contributed by atoms with E-state index >= 15 is 0 Å². The molecule has 1 aliphatic rings. The predicted molar refractivity (Wildman–Crippen MR) is 135 cm³/mol. The third-order valence-corrected chi connectivity index (χ3v) is 8.55. The Morgan fingerprint density at radius 1 is 1.14 bits per heavy atom. The molecule has 2 unspecified atom stereocenters. The third-order valence-electron chi connectivity index (χ3n) is 6.50. The number of hydrogen-bond donors (Lipinski definition) is 1. The Labute approximate surface area is 215 Å². The van der Waals surface area contributed by atoms with Crippen LogP contribution in [0.4, 0.5) is 5.95 Å². The van der Waals surface area contributed by atoms with Crippen LogP contribution in [0.3, 0.4) is 0 Å². The van der Waals surface area contributed by atoms with Gasteiger partial charge in [0.25, 0.3) is 0 Å². The Morgan fingerprint density at radius 3 is 2.33 bits per heavy atom. The maximum absolute atomic E-state index is 13.5. The van der Waals surface area contributed by atoms with Crippen LogP contribution in [-0.4, -0.2) is 65.3 Å². The lowest BCUT2D eigenvalue weighted by atomic mass is 10.0. The van der Waals surface area contributed by atoms with Gasteiger partial charge in [0.05, 0.1) is 30.6 Å². The smallest absolute Gasteiger partial charge is 0.243 e. The van der Waals surface area contributed by atoms with Crippen LogP contribution in [0, 0.1) is 0 Å². The maximum Gasteiger partial charge on any atom is 0.243 e. The molecule has 2 aromatic heterocycles. The van der Waals surface area contributed by atoms with E-state index in [4.69, 9.17) is 25.8 Å². The van der Waals surface area contributed by atoms with Crippen LogP contribution >= 0.6 is 11.6 Å². The Kier molecular flexibility index (Phi) is 7.67. The first-order valence-electron chi connectivity index (χ1n) is 11.4. The topological polar surface area (TPSA) is 130 Å². The highest BCUT2D eigenvalue weighted by atomic mass is 35.5. The summed E-state index contributed by atoms with van der Waals surface area (Å²) in [6.45, 7) is 5.85. The monoisotopic (exact) mass is 536 g/mol. The number of para-hydroxylation sites is 1. The molecule has 1 aliphatic heterocycles. The molecule has 13 heteroatoms. The molecule has 194 valence electrons. The number of nitrogens with zero attached hydrogens (tertiary/aromatic N) is 5. The first kappa shape index (κ1) is 26.1. The van der Waals surface area contributed by atoms with E-state index in [1.165, 1.54) is 26.6 Å². The van der Waals surface area contributed by atoms with Gasteiger partial charge in [0.15, 0.2) is 0 Å². The number of aromatic nitrogens is 5. The molecule has 0 radical (unpaired) electrons. The average Bonchev–Trinajstić information content (AvgIpc) is 3.47. The van der Waals surface area contributed by atoms with E-state index in [2.05, 4.69) is 24.9 Å². The van der Waals surface area contributed by atoms with E-state index in [0.717, 1.165) is 0 Å². The summed E-state index contributed by atoms with van der Waals surface area (Å²) in [5.74, 6) is 1.23. The minimum Gasteiger partial charge on any atom is -0.494 e. The van der Waals surface area contributed by atoms with Crippen molar-refractivity contribution in [3.05, 3.63) is 47.3 Å². The molecule has 11 nitrogen and oxygen atoms in total. The van der Waals surface area contributed by atoms with Gasteiger partial charge in [-0.15, -0.1) is 10.2 Å². The summed E-state index contributed by atoms with van der Waals surface area (Å²) in [7, 11) is -0.901. The van der Waals surface area contributed by atoms with E-state index in [0.29, 0.717) is 46.9 Å². The van der Waals surface area contributed by atoms with Crippen LogP contribution < -0.4 is 14.2 Å². The van der Waals surface area contributed by atoms with Crippen LogP contribution in [0.2, 0.25) is 5.02 Å². The highest BCUT2D eigenvalue weighted by molar-refractivity contribution is 7.93. The van der Waals surface area contributed by atoms with Crippen molar-refractivity contribution in [2.45, 2.75) is 50.4 Å². The zero-order chi connectivity index (χ0) is 26.0. The molecule has 0 saturated carbocycles. The molecule has 0 spiro atoms. The van der Waals surface area contributed by atoms with Gasteiger partial charge in [-0.3, -0.25) is 9.29 Å². The van der Waals surface area contributed by atoms with E-state index in [9.17, 15) is 8.42 Å². The SMILES string of the molecule is COc1cccc(OC)c1-n1c(NS(=O)(=O)C(C)C(C)c2ncc(Cl)cn2)nnc1[C@@H]1CCO[C@H]1C. The van der Waals surface area contributed by atoms with Crippen molar-refractivity contribution < 1.29 is 22.6 Å². The summed E-state index contributed by atoms with van der Waals surface area (Å²) >= 11 is 5.88. The molecule has 4 rings (SSSR count). The fourth-order valence-corrected chi connectivity index (χ4v) is 5.53. The molecule has 0 amide bonds. The second-order valence-electron chi connectivity index (χ2n) is 8.60. The lowest BCUT2D eigenvalue weighted by Crippen LogP contribution is -2.31. The number of ether oxygens (including phenoxy) is 3. The van der Waals surface area contributed by atoms with Crippen LogP contribution in [-0.2, 0) is 14.8 Å². The molecule has 4 atom stereocenters. The second-order valence-corrected chi connectivity index (χ2v) is 11.1. The molecule has 1 N–H and O–H groups in total. The van der Waals surface area contributed by atoms with Gasteiger partial charge in [-0.2, -0.15) is 0 Å². The zero-order valence-corrected chi connectivity index (χ0v) is 22.2. The molecular formula is C23H29ClN6O5S. The van der Waals surface area contributed by atoms with Crippen molar-refractivity contribution in [2.24, 2.45) is 0 Å². The molecular weight excluding hydrogens is 508 g/mol. The summed E-state index contributed by atoms with van der Waals surface area (Å²) in [6, 6.07) is 5.31. The largest absolute Gasteiger partial charge is 0.494 e.